The van der Waals surface area contributed by atoms with E-state index in [0.717, 1.165) is 66.6 Å². The highest BCUT2D eigenvalue weighted by Gasteiger charge is 2.26. The minimum atomic E-state index is -0.983. The van der Waals surface area contributed by atoms with Crippen LogP contribution in [0.15, 0.2) is 24.5 Å². The van der Waals surface area contributed by atoms with E-state index in [-0.39, 0.29) is 4.88 Å². The van der Waals surface area contributed by atoms with Gasteiger partial charge in [-0.05, 0) is 58.5 Å². The van der Waals surface area contributed by atoms with Crippen molar-refractivity contribution in [3.8, 4) is 0 Å². The standard InChI is InChI=1S/C25H34N8O2S/c1-17-20(23(34)35)36-25(28-17)31-24-29-21(27-12-6-4-5-7-13-32(2)3)19-10-14-33(22(19)30-24)16-18-9-8-11-26-15-18/h8-9,11,15H,4-7,10,12-14,16H2,1-3H3,(H,34,35)(H2,27,28,29,30,31). The van der Waals surface area contributed by atoms with Crippen LogP contribution in [0, 0.1) is 6.92 Å². The average molecular weight is 511 g/mol. The van der Waals surface area contributed by atoms with Crippen LogP contribution in [-0.2, 0) is 13.0 Å². The van der Waals surface area contributed by atoms with Crippen molar-refractivity contribution >= 4 is 40.0 Å². The molecule has 10 nitrogen and oxygen atoms in total. The molecule has 3 N–H and O–H groups in total. The second-order valence-corrected chi connectivity index (χ2v) is 10.2. The molecule has 1 aliphatic heterocycles. The number of carboxylic acids is 1. The highest BCUT2D eigenvalue weighted by Crippen LogP contribution is 2.34. The van der Waals surface area contributed by atoms with Gasteiger partial charge in [-0.25, -0.2) is 9.78 Å². The smallest absolute Gasteiger partial charge is 0.347 e. The summed E-state index contributed by atoms with van der Waals surface area (Å²) in [5.74, 6) is 1.14. The third-order valence-corrected chi connectivity index (χ3v) is 7.11. The highest BCUT2D eigenvalue weighted by molar-refractivity contribution is 7.17. The lowest BCUT2D eigenvalue weighted by Gasteiger charge is -2.19. The van der Waals surface area contributed by atoms with E-state index in [1.807, 2.05) is 12.3 Å². The predicted octanol–water partition coefficient (Wildman–Crippen LogP) is 4.17. The zero-order valence-corrected chi connectivity index (χ0v) is 21.9. The molecule has 0 unspecified atom stereocenters. The molecule has 0 fully saturated rings. The Labute approximate surface area is 215 Å². The van der Waals surface area contributed by atoms with Gasteiger partial charge in [0.05, 0.1) is 5.69 Å². The molecule has 4 rings (SSSR count). The van der Waals surface area contributed by atoms with Gasteiger partial charge in [-0.3, -0.25) is 10.3 Å². The molecule has 3 aromatic rings. The number of hydrogen-bond acceptors (Lipinski definition) is 10. The van der Waals surface area contributed by atoms with Crippen LogP contribution in [-0.4, -0.2) is 69.6 Å². The van der Waals surface area contributed by atoms with Crippen LogP contribution < -0.4 is 15.5 Å². The van der Waals surface area contributed by atoms with Crippen LogP contribution in [0.25, 0.3) is 0 Å². The van der Waals surface area contributed by atoms with Crippen LogP contribution in [0.4, 0.5) is 22.7 Å². The van der Waals surface area contributed by atoms with Gasteiger partial charge >= 0.3 is 5.97 Å². The first-order valence-electron chi connectivity index (χ1n) is 12.3. The van der Waals surface area contributed by atoms with Gasteiger partial charge in [0.2, 0.25) is 5.95 Å². The first-order valence-corrected chi connectivity index (χ1v) is 13.1. The Morgan fingerprint density at radius 3 is 2.75 bits per heavy atom. The molecule has 0 saturated carbocycles. The molecule has 0 spiro atoms. The minimum Gasteiger partial charge on any atom is -0.477 e. The number of aromatic carboxylic acids is 1. The van der Waals surface area contributed by atoms with Gasteiger partial charge in [-0.15, -0.1) is 0 Å². The second-order valence-electron chi connectivity index (χ2n) is 9.24. The van der Waals surface area contributed by atoms with Crippen molar-refractivity contribution in [1.29, 1.82) is 0 Å². The summed E-state index contributed by atoms with van der Waals surface area (Å²) in [5.41, 5.74) is 2.70. The summed E-state index contributed by atoms with van der Waals surface area (Å²) in [4.78, 5) is 34.3. The van der Waals surface area contributed by atoms with E-state index < -0.39 is 5.97 Å². The van der Waals surface area contributed by atoms with E-state index >= 15 is 0 Å². The average Bonchev–Trinajstić information content (AvgIpc) is 3.42. The fourth-order valence-corrected chi connectivity index (χ4v) is 5.04. The van der Waals surface area contributed by atoms with Gasteiger partial charge in [0.15, 0.2) is 5.13 Å². The van der Waals surface area contributed by atoms with E-state index in [1.165, 1.54) is 19.3 Å². The van der Waals surface area contributed by atoms with Gasteiger partial charge in [0.25, 0.3) is 0 Å². The SMILES string of the molecule is Cc1nc(Nc2nc(NCCCCCCN(C)C)c3c(n2)N(Cc2cccnc2)CC3)sc1C(=O)O. The number of nitrogens with one attached hydrogen (secondary N) is 2. The van der Waals surface area contributed by atoms with Gasteiger partial charge in [0.1, 0.15) is 16.5 Å². The topological polar surface area (TPSA) is 119 Å². The van der Waals surface area contributed by atoms with Gasteiger partial charge in [-0.2, -0.15) is 9.97 Å². The Bertz CT molecular complexity index is 1170. The summed E-state index contributed by atoms with van der Waals surface area (Å²) < 4.78 is 0. The van der Waals surface area contributed by atoms with Crippen LogP contribution >= 0.6 is 11.3 Å². The summed E-state index contributed by atoms with van der Waals surface area (Å²) in [5, 5.41) is 16.5. The molecule has 192 valence electrons. The van der Waals surface area contributed by atoms with E-state index in [1.54, 1.807) is 13.1 Å². The Morgan fingerprint density at radius 2 is 2.03 bits per heavy atom. The Morgan fingerprint density at radius 1 is 1.19 bits per heavy atom. The normalized spacial score (nSPS) is 12.7. The second kappa shape index (κ2) is 12.1. The van der Waals surface area contributed by atoms with Gasteiger partial charge in [0, 0.05) is 37.6 Å². The molecule has 0 aromatic carbocycles. The summed E-state index contributed by atoms with van der Waals surface area (Å²) in [6.07, 6.45) is 9.17. The molecule has 0 saturated heterocycles. The van der Waals surface area contributed by atoms with Crippen LogP contribution in [0.3, 0.4) is 0 Å². The molecule has 36 heavy (non-hydrogen) atoms. The number of unbranched alkanes of at least 4 members (excludes halogenated alkanes) is 3. The van der Waals surface area contributed by atoms with E-state index in [0.29, 0.717) is 23.3 Å². The molecule has 0 bridgehead atoms. The Hall–Kier alpha value is -3.31. The fourth-order valence-electron chi connectivity index (χ4n) is 4.24. The number of nitrogens with zero attached hydrogens (tertiary/aromatic N) is 6. The summed E-state index contributed by atoms with van der Waals surface area (Å²) in [6, 6.07) is 4.00. The first kappa shape index (κ1) is 25.8. The molecule has 0 radical (unpaired) electrons. The summed E-state index contributed by atoms with van der Waals surface area (Å²) >= 11 is 1.09. The third kappa shape index (κ3) is 6.67. The number of pyridine rings is 1. The molecule has 0 amide bonds. The molecule has 3 aromatic heterocycles. The summed E-state index contributed by atoms with van der Waals surface area (Å²) in [6.45, 7) is 5.21. The molecule has 1 aliphatic rings. The third-order valence-electron chi connectivity index (χ3n) is 6.05. The summed E-state index contributed by atoms with van der Waals surface area (Å²) in [7, 11) is 4.21. The molecule has 0 atom stereocenters. The van der Waals surface area contributed by atoms with Crippen molar-refractivity contribution in [3.05, 3.63) is 46.2 Å². The van der Waals surface area contributed by atoms with Crippen LogP contribution in [0.5, 0.6) is 0 Å². The lowest BCUT2D eigenvalue weighted by atomic mass is 10.2. The molecule has 0 aliphatic carbocycles. The van der Waals surface area contributed by atoms with Crippen molar-refractivity contribution < 1.29 is 9.90 Å². The number of thiazole rings is 1. The first-order chi connectivity index (χ1) is 17.4. The Kier molecular flexibility index (Phi) is 8.65. The van der Waals surface area contributed by atoms with Crippen molar-refractivity contribution in [2.45, 2.75) is 45.6 Å². The van der Waals surface area contributed by atoms with Gasteiger partial charge in [-0.1, -0.05) is 30.2 Å². The van der Waals surface area contributed by atoms with Crippen LogP contribution in [0.2, 0.25) is 0 Å². The molecule has 4 heterocycles. The molecule has 11 heteroatoms. The predicted molar refractivity (Wildman–Crippen MR) is 144 cm³/mol. The molecular formula is C25H34N8O2S. The van der Waals surface area contributed by atoms with E-state index in [9.17, 15) is 9.90 Å². The number of aryl methyl sites for hydroxylation is 1. The number of hydrogen-bond donors (Lipinski definition) is 3. The van der Waals surface area contributed by atoms with E-state index in [2.05, 4.69) is 50.6 Å². The van der Waals surface area contributed by atoms with Crippen molar-refractivity contribution in [1.82, 2.24) is 24.8 Å². The van der Waals surface area contributed by atoms with Crippen LogP contribution in [0.1, 0.15) is 52.2 Å². The van der Waals surface area contributed by atoms with Crippen molar-refractivity contribution in [2.24, 2.45) is 0 Å². The highest BCUT2D eigenvalue weighted by atomic mass is 32.1. The maximum Gasteiger partial charge on any atom is 0.347 e. The largest absolute Gasteiger partial charge is 0.477 e. The Balaban J connectivity index is 1.50. The number of rotatable bonds is 13. The zero-order valence-electron chi connectivity index (χ0n) is 21.1. The maximum absolute atomic E-state index is 11.4. The van der Waals surface area contributed by atoms with Crippen molar-refractivity contribution in [3.63, 3.8) is 0 Å². The lowest BCUT2D eigenvalue weighted by molar-refractivity contribution is 0.0701. The van der Waals surface area contributed by atoms with E-state index in [4.69, 9.17) is 9.97 Å². The fraction of sp³-hybridized carbons (Fsp3) is 0.480. The number of carbonyl (C=O) groups is 1. The maximum atomic E-state index is 11.4. The minimum absolute atomic E-state index is 0.212. The number of fused-ring (bicyclic) bond motifs is 1. The van der Waals surface area contributed by atoms with Gasteiger partial charge < -0.3 is 20.2 Å². The number of aromatic nitrogens is 4. The quantitative estimate of drug-likeness (QED) is 0.289. The zero-order chi connectivity index (χ0) is 25.5. The monoisotopic (exact) mass is 510 g/mol. The van der Waals surface area contributed by atoms with Crippen molar-refractivity contribution in [2.75, 3.05) is 49.3 Å². The molecular weight excluding hydrogens is 476 g/mol. The number of carboxylic acid groups (broad SMARTS) is 1. The lowest BCUT2D eigenvalue weighted by Crippen LogP contribution is -2.21. The number of anilines is 4.